The molecule has 7 heteroatoms. The number of carbonyl (C=O) groups is 1. The third-order valence-electron chi connectivity index (χ3n) is 2.37. The quantitative estimate of drug-likeness (QED) is 0.658. The van der Waals surface area contributed by atoms with Crippen LogP contribution in [0.4, 0.5) is 11.4 Å². The van der Waals surface area contributed by atoms with Crippen LogP contribution in [0.2, 0.25) is 0 Å². The number of amides is 1. The molecule has 0 spiro atoms. The highest BCUT2D eigenvalue weighted by Gasteiger charge is 2.08. The summed E-state index contributed by atoms with van der Waals surface area (Å²) in [6.07, 6.45) is 1.41. The Bertz CT molecular complexity index is 734. The summed E-state index contributed by atoms with van der Waals surface area (Å²) < 4.78 is 4.98. The molecule has 0 unspecified atom stereocenters. The molecule has 0 saturated carbocycles. The minimum atomic E-state index is -0.379. The molecule has 0 fully saturated rings. The summed E-state index contributed by atoms with van der Waals surface area (Å²) in [5.41, 5.74) is 3.32. The Labute approximate surface area is 120 Å². The van der Waals surface area contributed by atoms with E-state index < -0.39 is 0 Å². The first-order valence-electron chi connectivity index (χ1n) is 5.82. The van der Waals surface area contributed by atoms with Crippen molar-refractivity contribution in [3.63, 3.8) is 0 Å². The molecule has 102 valence electrons. The van der Waals surface area contributed by atoms with Crippen molar-refractivity contribution in [2.75, 3.05) is 10.7 Å². The van der Waals surface area contributed by atoms with Gasteiger partial charge in [0.05, 0.1) is 12.0 Å². The maximum absolute atomic E-state index is 11.8. The van der Waals surface area contributed by atoms with Gasteiger partial charge in [-0.3, -0.25) is 10.2 Å². The summed E-state index contributed by atoms with van der Waals surface area (Å²) in [6.45, 7) is 0. The smallest absolute Gasteiger partial charge is 0.291 e. The average Bonchev–Trinajstić information content (AvgIpc) is 3.03. The molecule has 1 aromatic carbocycles. The van der Waals surface area contributed by atoms with Gasteiger partial charge in [-0.15, -0.1) is 0 Å². The zero-order chi connectivity index (χ0) is 15.1. The monoisotopic (exact) mass is 279 g/mol. The predicted molar refractivity (Wildman–Crippen MR) is 75.4 cm³/mol. The molecule has 0 aliphatic heterocycles. The number of rotatable bonds is 4. The van der Waals surface area contributed by atoms with Gasteiger partial charge in [0, 0.05) is 5.69 Å². The Kier molecular flexibility index (Phi) is 4.32. The van der Waals surface area contributed by atoms with Gasteiger partial charge in [0.1, 0.15) is 12.1 Å². The Morgan fingerprint density at radius 3 is 2.57 bits per heavy atom. The van der Waals surface area contributed by atoms with Crippen LogP contribution in [0.25, 0.3) is 0 Å². The zero-order valence-corrected chi connectivity index (χ0v) is 10.7. The van der Waals surface area contributed by atoms with Crippen LogP contribution in [0.15, 0.2) is 52.2 Å². The lowest BCUT2D eigenvalue weighted by atomic mass is 10.2. The van der Waals surface area contributed by atoms with E-state index in [0.29, 0.717) is 11.4 Å². The van der Waals surface area contributed by atoms with E-state index in [1.165, 1.54) is 6.26 Å². The lowest BCUT2D eigenvalue weighted by Gasteiger charge is -2.05. The zero-order valence-electron chi connectivity index (χ0n) is 10.7. The lowest BCUT2D eigenvalue weighted by Crippen LogP contribution is -2.10. The number of hydrogen-bond acceptors (Lipinski definition) is 6. The summed E-state index contributed by atoms with van der Waals surface area (Å²) in [4.78, 5) is 11.8. The molecule has 0 bridgehead atoms. The number of anilines is 2. The first-order chi connectivity index (χ1) is 10.2. The van der Waals surface area contributed by atoms with Crippen LogP contribution >= 0.6 is 0 Å². The standard InChI is InChI=1S/C14H9N5O2/c15-8-12(9-16)19-18-11-4-1-3-10(7-11)17-14(20)13-5-2-6-21-13/h1-7,18H,(H,17,20). The second-order valence-electron chi connectivity index (χ2n) is 3.81. The third-order valence-corrected chi connectivity index (χ3v) is 2.37. The van der Waals surface area contributed by atoms with E-state index in [2.05, 4.69) is 15.8 Å². The number of benzene rings is 1. The number of carbonyl (C=O) groups excluding carboxylic acids is 1. The van der Waals surface area contributed by atoms with E-state index in [9.17, 15) is 4.79 Å². The Morgan fingerprint density at radius 1 is 1.14 bits per heavy atom. The number of nitriles is 2. The maximum Gasteiger partial charge on any atom is 0.291 e. The van der Waals surface area contributed by atoms with Gasteiger partial charge in [-0.1, -0.05) is 6.07 Å². The van der Waals surface area contributed by atoms with E-state index in [1.54, 1.807) is 48.5 Å². The number of nitrogens with one attached hydrogen (secondary N) is 2. The Morgan fingerprint density at radius 2 is 1.90 bits per heavy atom. The van der Waals surface area contributed by atoms with Crippen molar-refractivity contribution in [1.82, 2.24) is 0 Å². The minimum absolute atomic E-state index is 0.197. The van der Waals surface area contributed by atoms with E-state index in [4.69, 9.17) is 14.9 Å². The van der Waals surface area contributed by atoms with Gasteiger partial charge in [-0.2, -0.15) is 15.6 Å². The van der Waals surface area contributed by atoms with Gasteiger partial charge >= 0.3 is 0 Å². The average molecular weight is 279 g/mol. The molecule has 0 aliphatic rings. The molecule has 0 radical (unpaired) electrons. The van der Waals surface area contributed by atoms with Crippen LogP contribution in [-0.4, -0.2) is 11.6 Å². The summed E-state index contributed by atoms with van der Waals surface area (Å²) in [5, 5.41) is 23.4. The minimum Gasteiger partial charge on any atom is -0.459 e. The fraction of sp³-hybridized carbons (Fsp3) is 0. The molecule has 0 atom stereocenters. The fourth-order valence-electron chi connectivity index (χ4n) is 1.46. The molecule has 0 saturated heterocycles. The van der Waals surface area contributed by atoms with E-state index in [0.717, 1.165) is 0 Å². The topological polar surface area (TPSA) is 114 Å². The van der Waals surface area contributed by atoms with Gasteiger partial charge in [-0.25, -0.2) is 0 Å². The molecule has 1 amide bonds. The number of hydrazone groups is 1. The molecule has 1 aromatic heterocycles. The van der Waals surface area contributed by atoms with E-state index in [1.807, 2.05) is 0 Å². The van der Waals surface area contributed by atoms with Crippen molar-refractivity contribution < 1.29 is 9.21 Å². The molecular formula is C14H9N5O2. The predicted octanol–water partition coefficient (Wildman–Crippen LogP) is 2.35. The highest BCUT2D eigenvalue weighted by atomic mass is 16.3. The molecule has 21 heavy (non-hydrogen) atoms. The van der Waals surface area contributed by atoms with Crippen molar-refractivity contribution in [2.24, 2.45) is 5.10 Å². The molecule has 1 heterocycles. The van der Waals surface area contributed by atoms with Crippen LogP contribution in [0.5, 0.6) is 0 Å². The molecule has 0 aliphatic carbocycles. The summed E-state index contributed by atoms with van der Waals surface area (Å²) >= 11 is 0. The summed E-state index contributed by atoms with van der Waals surface area (Å²) in [5.74, 6) is -0.182. The molecule has 2 N–H and O–H groups in total. The third kappa shape index (κ3) is 3.69. The van der Waals surface area contributed by atoms with Gasteiger partial charge in [-0.05, 0) is 30.3 Å². The van der Waals surface area contributed by atoms with Crippen LogP contribution < -0.4 is 10.7 Å². The first-order valence-corrected chi connectivity index (χ1v) is 5.82. The Balaban J connectivity index is 2.08. The SMILES string of the molecule is N#CC(C#N)=NNc1cccc(NC(=O)c2ccco2)c1. The van der Waals surface area contributed by atoms with Crippen LogP contribution in [0.1, 0.15) is 10.6 Å². The Hall–Kier alpha value is -3.58. The maximum atomic E-state index is 11.8. The second kappa shape index (κ2) is 6.55. The summed E-state index contributed by atoms with van der Waals surface area (Å²) in [7, 11) is 0. The number of hydrogen-bond donors (Lipinski definition) is 2. The molecule has 7 nitrogen and oxygen atoms in total. The van der Waals surface area contributed by atoms with Crippen LogP contribution in [-0.2, 0) is 0 Å². The van der Waals surface area contributed by atoms with Crippen molar-refractivity contribution >= 4 is 23.0 Å². The summed E-state index contributed by atoms with van der Waals surface area (Å²) in [6, 6.07) is 13.1. The molecular weight excluding hydrogens is 270 g/mol. The number of nitrogens with zero attached hydrogens (tertiary/aromatic N) is 3. The van der Waals surface area contributed by atoms with Gasteiger partial charge in [0.15, 0.2) is 5.76 Å². The van der Waals surface area contributed by atoms with Gasteiger partial charge < -0.3 is 9.73 Å². The van der Waals surface area contributed by atoms with Crippen LogP contribution in [0, 0.1) is 22.7 Å². The fourth-order valence-corrected chi connectivity index (χ4v) is 1.46. The van der Waals surface area contributed by atoms with Crippen molar-refractivity contribution in [3.05, 3.63) is 48.4 Å². The normalized spacial score (nSPS) is 9.05. The van der Waals surface area contributed by atoms with Crippen LogP contribution in [0.3, 0.4) is 0 Å². The molecule has 2 rings (SSSR count). The van der Waals surface area contributed by atoms with Gasteiger partial charge in [0.2, 0.25) is 5.71 Å². The van der Waals surface area contributed by atoms with Crippen molar-refractivity contribution in [2.45, 2.75) is 0 Å². The second-order valence-corrected chi connectivity index (χ2v) is 3.81. The highest BCUT2D eigenvalue weighted by Crippen LogP contribution is 2.16. The highest BCUT2D eigenvalue weighted by molar-refractivity contribution is 6.10. The number of furan rings is 1. The van der Waals surface area contributed by atoms with Crippen molar-refractivity contribution in [3.8, 4) is 12.1 Å². The van der Waals surface area contributed by atoms with Gasteiger partial charge in [0.25, 0.3) is 5.91 Å². The largest absolute Gasteiger partial charge is 0.459 e. The molecule has 2 aromatic rings. The first kappa shape index (κ1) is 13.8. The lowest BCUT2D eigenvalue weighted by molar-refractivity contribution is 0.0996. The van der Waals surface area contributed by atoms with E-state index in [-0.39, 0.29) is 17.4 Å². The van der Waals surface area contributed by atoms with E-state index >= 15 is 0 Å². The van der Waals surface area contributed by atoms with Crippen molar-refractivity contribution in [1.29, 1.82) is 10.5 Å².